The number of benzene rings is 1. The van der Waals surface area contributed by atoms with Gasteiger partial charge in [-0.2, -0.15) is 0 Å². The summed E-state index contributed by atoms with van der Waals surface area (Å²) in [5.41, 5.74) is 5.95. The standard InChI is InChI=1S/C18H19N3O4S/c1-2-13-5-7-15(8-6-13)25-12-17(23)20-21-18(26)19-16(22)10-9-14-4-3-11-24-14/h3-11H,2,12H2,1H3,(H,20,23)(H2,19,21,22,26)/b10-9+. The predicted octanol–water partition coefficient (Wildman–Crippen LogP) is 1.96. The number of ether oxygens (including phenoxy) is 1. The van der Waals surface area contributed by atoms with Gasteiger partial charge in [-0.05, 0) is 54.5 Å². The van der Waals surface area contributed by atoms with Crippen LogP contribution in [0.1, 0.15) is 18.2 Å². The fourth-order valence-corrected chi connectivity index (χ4v) is 2.01. The van der Waals surface area contributed by atoms with Crippen molar-refractivity contribution in [2.45, 2.75) is 13.3 Å². The Bertz CT molecular complexity index is 770. The normalized spacial score (nSPS) is 10.3. The number of aryl methyl sites for hydroxylation is 1. The van der Waals surface area contributed by atoms with Gasteiger partial charge in [0.2, 0.25) is 5.91 Å². The van der Waals surface area contributed by atoms with E-state index < -0.39 is 11.8 Å². The maximum Gasteiger partial charge on any atom is 0.276 e. The average Bonchev–Trinajstić information content (AvgIpc) is 3.17. The highest BCUT2D eigenvalue weighted by Gasteiger charge is 2.05. The van der Waals surface area contributed by atoms with E-state index in [4.69, 9.17) is 21.4 Å². The third-order valence-electron chi connectivity index (χ3n) is 3.20. The van der Waals surface area contributed by atoms with Crippen LogP contribution >= 0.6 is 12.2 Å². The first kappa shape index (κ1) is 19.2. The molecule has 8 heteroatoms. The summed E-state index contributed by atoms with van der Waals surface area (Å²) < 4.78 is 10.4. The number of hydrazine groups is 1. The van der Waals surface area contributed by atoms with Crippen molar-refractivity contribution in [1.82, 2.24) is 16.2 Å². The lowest BCUT2D eigenvalue weighted by atomic mass is 10.2. The first-order chi connectivity index (χ1) is 12.6. The number of hydrogen-bond acceptors (Lipinski definition) is 5. The summed E-state index contributed by atoms with van der Waals surface area (Å²) in [5.74, 6) is 0.237. The molecule has 0 aliphatic heterocycles. The van der Waals surface area contributed by atoms with E-state index in [1.807, 2.05) is 12.1 Å². The van der Waals surface area contributed by atoms with Crippen LogP contribution in [-0.2, 0) is 16.0 Å². The molecule has 0 unspecified atom stereocenters. The maximum absolute atomic E-state index is 11.7. The van der Waals surface area contributed by atoms with E-state index in [1.165, 1.54) is 24.0 Å². The second-order valence-corrected chi connectivity index (χ2v) is 5.53. The highest BCUT2D eigenvalue weighted by atomic mass is 32.1. The third-order valence-corrected chi connectivity index (χ3v) is 3.40. The Balaban J connectivity index is 1.66. The predicted molar refractivity (Wildman–Crippen MR) is 101 cm³/mol. The van der Waals surface area contributed by atoms with E-state index in [-0.39, 0.29) is 11.7 Å². The van der Waals surface area contributed by atoms with Crippen LogP contribution in [0.2, 0.25) is 0 Å². The van der Waals surface area contributed by atoms with Gasteiger partial charge in [-0.25, -0.2) is 0 Å². The first-order valence-electron chi connectivity index (χ1n) is 7.90. The Morgan fingerprint density at radius 2 is 1.96 bits per heavy atom. The molecule has 3 N–H and O–H groups in total. The van der Waals surface area contributed by atoms with Crippen LogP contribution in [0.4, 0.5) is 0 Å². The highest BCUT2D eigenvalue weighted by Crippen LogP contribution is 2.12. The number of rotatable bonds is 6. The molecule has 0 aliphatic rings. The number of carbonyl (C=O) groups is 2. The molecule has 0 saturated heterocycles. The topological polar surface area (TPSA) is 92.6 Å². The van der Waals surface area contributed by atoms with Gasteiger partial charge in [0.25, 0.3) is 5.91 Å². The average molecular weight is 373 g/mol. The summed E-state index contributed by atoms with van der Waals surface area (Å²) in [6, 6.07) is 10.9. The van der Waals surface area contributed by atoms with E-state index in [0.29, 0.717) is 11.5 Å². The lowest BCUT2D eigenvalue weighted by Gasteiger charge is -2.10. The van der Waals surface area contributed by atoms with Gasteiger partial charge in [-0.3, -0.25) is 25.8 Å². The van der Waals surface area contributed by atoms with Crippen LogP contribution in [0.15, 0.2) is 53.2 Å². The van der Waals surface area contributed by atoms with Crippen LogP contribution in [0.3, 0.4) is 0 Å². The summed E-state index contributed by atoms with van der Waals surface area (Å²) in [5, 5.41) is 2.34. The van der Waals surface area contributed by atoms with Gasteiger partial charge in [-0.1, -0.05) is 19.1 Å². The van der Waals surface area contributed by atoms with E-state index in [0.717, 1.165) is 6.42 Å². The van der Waals surface area contributed by atoms with E-state index >= 15 is 0 Å². The van der Waals surface area contributed by atoms with Crippen molar-refractivity contribution in [1.29, 1.82) is 0 Å². The second-order valence-electron chi connectivity index (χ2n) is 5.13. The van der Waals surface area contributed by atoms with Crippen LogP contribution in [0, 0.1) is 0 Å². The maximum atomic E-state index is 11.7. The van der Waals surface area contributed by atoms with Crippen molar-refractivity contribution in [2.75, 3.05) is 6.61 Å². The van der Waals surface area contributed by atoms with Crippen LogP contribution in [0.5, 0.6) is 5.75 Å². The fourth-order valence-electron chi connectivity index (χ4n) is 1.86. The zero-order valence-corrected chi connectivity index (χ0v) is 15.0. The zero-order valence-electron chi connectivity index (χ0n) is 14.2. The Kier molecular flexibility index (Phi) is 7.38. The second kappa shape index (κ2) is 10.00. The largest absolute Gasteiger partial charge is 0.484 e. The molecule has 0 radical (unpaired) electrons. The van der Waals surface area contributed by atoms with Crippen LogP contribution in [0.25, 0.3) is 6.08 Å². The number of furan rings is 1. The molecule has 0 bridgehead atoms. The van der Waals surface area contributed by atoms with Crippen molar-refractivity contribution < 1.29 is 18.7 Å². The number of carbonyl (C=O) groups excluding carboxylic acids is 2. The summed E-state index contributed by atoms with van der Waals surface area (Å²) in [6.07, 6.45) is 5.19. The van der Waals surface area contributed by atoms with Crippen molar-refractivity contribution in [3.8, 4) is 5.75 Å². The van der Waals surface area contributed by atoms with Gasteiger partial charge in [-0.15, -0.1) is 0 Å². The smallest absolute Gasteiger partial charge is 0.276 e. The molecular weight excluding hydrogens is 354 g/mol. The van der Waals surface area contributed by atoms with Crippen molar-refractivity contribution >= 4 is 35.2 Å². The number of amides is 2. The molecule has 2 rings (SSSR count). The summed E-state index contributed by atoms with van der Waals surface area (Å²) in [4.78, 5) is 23.4. The molecule has 1 aromatic carbocycles. The Labute approximate surface area is 156 Å². The molecule has 1 heterocycles. The summed E-state index contributed by atoms with van der Waals surface area (Å²) in [7, 11) is 0. The van der Waals surface area contributed by atoms with Gasteiger partial charge < -0.3 is 9.15 Å². The van der Waals surface area contributed by atoms with Gasteiger partial charge in [0, 0.05) is 6.08 Å². The molecule has 0 spiro atoms. The number of hydrogen-bond donors (Lipinski definition) is 3. The molecule has 2 amide bonds. The lowest BCUT2D eigenvalue weighted by Crippen LogP contribution is -2.49. The van der Waals surface area contributed by atoms with Crippen LogP contribution < -0.4 is 20.9 Å². The first-order valence-corrected chi connectivity index (χ1v) is 8.30. The van der Waals surface area contributed by atoms with Gasteiger partial charge in [0.1, 0.15) is 11.5 Å². The third kappa shape index (κ3) is 6.78. The van der Waals surface area contributed by atoms with Crippen molar-refractivity contribution in [3.63, 3.8) is 0 Å². The van der Waals surface area contributed by atoms with Gasteiger partial charge in [0.15, 0.2) is 11.7 Å². The fraction of sp³-hybridized carbons (Fsp3) is 0.167. The minimum absolute atomic E-state index is 0.0419. The molecule has 136 valence electrons. The lowest BCUT2D eigenvalue weighted by molar-refractivity contribution is -0.123. The molecule has 2 aromatic rings. The summed E-state index contributed by atoms with van der Waals surface area (Å²) in [6.45, 7) is 1.87. The zero-order chi connectivity index (χ0) is 18.8. The quantitative estimate of drug-likeness (QED) is 0.407. The molecule has 7 nitrogen and oxygen atoms in total. The Morgan fingerprint density at radius 1 is 1.19 bits per heavy atom. The SMILES string of the molecule is CCc1ccc(OCC(=O)NNC(=S)NC(=O)/C=C/c2ccco2)cc1. The minimum atomic E-state index is -0.458. The molecule has 26 heavy (non-hydrogen) atoms. The number of thiocarbonyl (C=S) groups is 1. The molecule has 0 atom stereocenters. The van der Waals surface area contributed by atoms with Crippen molar-refractivity contribution in [2.24, 2.45) is 0 Å². The number of nitrogens with one attached hydrogen (secondary N) is 3. The van der Waals surface area contributed by atoms with Gasteiger partial charge >= 0.3 is 0 Å². The Hall–Kier alpha value is -3.13. The van der Waals surface area contributed by atoms with E-state index in [9.17, 15) is 9.59 Å². The molecule has 0 saturated carbocycles. The molecule has 0 aliphatic carbocycles. The molecular formula is C18H19N3O4S. The monoisotopic (exact) mass is 373 g/mol. The van der Waals surface area contributed by atoms with Crippen LogP contribution in [-0.4, -0.2) is 23.5 Å². The highest BCUT2D eigenvalue weighted by molar-refractivity contribution is 7.80. The van der Waals surface area contributed by atoms with E-state index in [1.54, 1.807) is 24.3 Å². The summed E-state index contributed by atoms with van der Waals surface area (Å²) >= 11 is 4.91. The van der Waals surface area contributed by atoms with Gasteiger partial charge in [0.05, 0.1) is 6.26 Å². The van der Waals surface area contributed by atoms with Crippen molar-refractivity contribution in [3.05, 3.63) is 60.1 Å². The minimum Gasteiger partial charge on any atom is -0.484 e. The van der Waals surface area contributed by atoms with E-state index in [2.05, 4.69) is 23.1 Å². The molecule has 1 aromatic heterocycles. The molecule has 0 fully saturated rings. The Morgan fingerprint density at radius 3 is 2.62 bits per heavy atom.